The predicted molar refractivity (Wildman–Crippen MR) is 84.3 cm³/mol. The molecule has 1 rings (SSSR count). The summed E-state index contributed by atoms with van der Waals surface area (Å²) in [6.45, 7) is 4.94. The lowest BCUT2D eigenvalue weighted by Crippen LogP contribution is -2.35. The Morgan fingerprint density at radius 3 is 2.48 bits per heavy atom. The van der Waals surface area contributed by atoms with Crippen LogP contribution in [0.3, 0.4) is 0 Å². The van der Waals surface area contributed by atoms with Crippen LogP contribution >= 0.6 is 15.9 Å². The van der Waals surface area contributed by atoms with Crippen molar-refractivity contribution >= 4 is 37.6 Å². The molecule has 0 saturated carbocycles. The molecule has 0 saturated heterocycles. The summed E-state index contributed by atoms with van der Waals surface area (Å²) in [5.41, 5.74) is -0.0869. The van der Waals surface area contributed by atoms with Crippen LogP contribution in [0.4, 0.5) is 5.69 Å². The van der Waals surface area contributed by atoms with E-state index in [4.69, 9.17) is 9.84 Å². The molecule has 1 aromatic rings. The van der Waals surface area contributed by atoms with Crippen molar-refractivity contribution in [1.82, 2.24) is 0 Å². The summed E-state index contributed by atoms with van der Waals surface area (Å²) in [5, 5.41) is 9.12. The Bertz CT molecular complexity index is 655. The first kappa shape index (κ1) is 17.9. The Kier molecular flexibility index (Phi) is 5.40. The number of aromatic carboxylic acids is 1. The number of anilines is 1. The zero-order chi connectivity index (χ0) is 16.4. The average Bonchev–Trinajstić information content (AvgIpc) is 2.31. The summed E-state index contributed by atoms with van der Waals surface area (Å²) >= 11 is 3.22. The van der Waals surface area contributed by atoms with Crippen molar-refractivity contribution in [1.29, 1.82) is 0 Å². The number of benzene rings is 1. The quantitative estimate of drug-likeness (QED) is 0.792. The van der Waals surface area contributed by atoms with Crippen LogP contribution in [0.15, 0.2) is 16.6 Å². The third-order valence-electron chi connectivity index (χ3n) is 2.94. The zero-order valence-electron chi connectivity index (χ0n) is 12.2. The topological polar surface area (TPSA) is 92.7 Å². The summed E-state index contributed by atoms with van der Waals surface area (Å²) in [7, 11) is -2.23. The molecule has 8 heteroatoms. The van der Waals surface area contributed by atoms with Crippen molar-refractivity contribution in [3.05, 3.63) is 27.7 Å². The number of hydrogen-bond acceptors (Lipinski definition) is 4. The summed E-state index contributed by atoms with van der Waals surface area (Å²) in [6, 6.07) is 2.82. The van der Waals surface area contributed by atoms with Gasteiger partial charge in [0.2, 0.25) is 10.0 Å². The molecule has 0 radical (unpaired) electrons. The molecular formula is C13H18BrNO5S. The van der Waals surface area contributed by atoms with Gasteiger partial charge in [-0.2, -0.15) is 0 Å². The second-order valence-corrected chi connectivity index (χ2v) is 7.84. The van der Waals surface area contributed by atoms with Gasteiger partial charge >= 0.3 is 5.97 Å². The second-order valence-electron chi connectivity index (χ2n) is 5.26. The van der Waals surface area contributed by atoms with Crippen LogP contribution in [0.2, 0.25) is 0 Å². The molecule has 0 heterocycles. The number of hydrogen-bond donors (Lipinski definition) is 2. The van der Waals surface area contributed by atoms with Crippen LogP contribution in [0, 0.1) is 6.92 Å². The van der Waals surface area contributed by atoms with Gasteiger partial charge in [-0.25, -0.2) is 13.2 Å². The fourth-order valence-corrected chi connectivity index (χ4v) is 3.73. The summed E-state index contributed by atoms with van der Waals surface area (Å²) < 4.78 is 32.2. The first-order valence-corrected chi connectivity index (χ1v) is 8.51. The molecule has 0 bridgehead atoms. The van der Waals surface area contributed by atoms with E-state index in [0.29, 0.717) is 10.0 Å². The first-order chi connectivity index (χ1) is 9.47. The van der Waals surface area contributed by atoms with E-state index in [-0.39, 0.29) is 17.0 Å². The SMILES string of the molecule is COC(C)(C)CS(=O)(=O)Nc1cc(Br)c(C)c(C(=O)O)c1. The molecule has 0 unspecified atom stereocenters. The van der Waals surface area contributed by atoms with Crippen LogP contribution in [0.25, 0.3) is 0 Å². The van der Waals surface area contributed by atoms with E-state index < -0.39 is 21.6 Å². The molecule has 118 valence electrons. The lowest BCUT2D eigenvalue weighted by molar-refractivity contribution is 0.0426. The van der Waals surface area contributed by atoms with Crippen molar-refractivity contribution in [3.8, 4) is 0 Å². The molecule has 0 aliphatic rings. The van der Waals surface area contributed by atoms with E-state index in [9.17, 15) is 13.2 Å². The minimum Gasteiger partial charge on any atom is -0.478 e. The average molecular weight is 380 g/mol. The summed E-state index contributed by atoms with van der Waals surface area (Å²) in [4.78, 5) is 11.1. The number of carboxylic acid groups (broad SMARTS) is 1. The maximum atomic E-state index is 12.1. The van der Waals surface area contributed by atoms with Crippen LogP contribution < -0.4 is 4.72 Å². The number of sulfonamides is 1. The number of carboxylic acids is 1. The lowest BCUT2D eigenvalue weighted by atomic mass is 10.1. The first-order valence-electron chi connectivity index (χ1n) is 6.06. The standard InChI is InChI=1S/C13H18BrNO5S/c1-8-10(12(16)17)5-9(6-11(8)14)15-21(18,19)7-13(2,3)20-4/h5-6,15H,7H2,1-4H3,(H,16,17). The van der Waals surface area contributed by atoms with Crippen molar-refractivity contribution in [3.63, 3.8) is 0 Å². The number of ether oxygens (including phenoxy) is 1. The molecular weight excluding hydrogens is 362 g/mol. The minimum atomic E-state index is -3.67. The van der Waals surface area contributed by atoms with E-state index in [2.05, 4.69) is 20.7 Å². The fourth-order valence-electron chi connectivity index (χ4n) is 1.69. The van der Waals surface area contributed by atoms with Gasteiger partial charge in [0.15, 0.2) is 0 Å². The van der Waals surface area contributed by atoms with Gasteiger partial charge in [0.1, 0.15) is 0 Å². The monoisotopic (exact) mass is 379 g/mol. The molecule has 0 fully saturated rings. The minimum absolute atomic E-state index is 0.0353. The van der Waals surface area contributed by atoms with Crippen molar-refractivity contribution in [2.24, 2.45) is 0 Å². The molecule has 0 amide bonds. The predicted octanol–water partition coefficient (Wildman–Crippen LogP) is 2.62. The molecule has 0 aliphatic heterocycles. The van der Waals surface area contributed by atoms with Gasteiger partial charge in [-0.05, 0) is 38.5 Å². The second kappa shape index (κ2) is 6.33. The molecule has 21 heavy (non-hydrogen) atoms. The van der Waals surface area contributed by atoms with E-state index >= 15 is 0 Å². The Morgan fingerprint density at radius 2 is 2.00 bits per heavy atom. The highest BCUT2D eigenvalue weighted by molar-refractivity contribution is 9.10. The number of carbonyl (C=O) groups is 1. The third-order valence-corrected chi connectivity index (χ3v) is 5.38. The smallest absolute Gasteiger partial charge is 0.336 e. The van der Waals surface area contributed by atoms with Crippen LogP contribution in [0.1, 0.15) is 29.8 Å². The third kappa shape index (κ3) is 4.98. The van der Waals surface area contributed by atoms with Crippen molar-refractivity contribution in [2.45, 2.75) is 26.4 Å². The van der Waals surface area contributed by atoms with Gasteiger partial charge in [-0.1, -0.05) is 15.9 Å². The van der Waals surface area contributed by atoms with Gasteiger partial charge in [-0.3, -0.25) is 4.72 Å². The molecule has 0 aliphatic carbocycles. The molecule has 6 nitrogen and oxygen atoms in total. The normalized spacial score (nSPS) is 12.2. The Labute approximate surface area is 132 Å². The Balaban J connectivity index is 3.11. The number of halogens is 1. The highest BCUT2D eigenvalue weighted by atomic mass is 79.9. The van der Waals surface area contributed by atoms with Crippen molar-refractivity contribution < 1.29 is 23.1 Å². The number of rotatable bonds is 6. The molecule has 1 aromatic carbocycles. The summed E-state index contributed by atoms with van der Waals surface area (Å²) in [5.74, 6) is -1.36. The molecule has 0 spiro atoms. The number of nitrogens with one attached hydrogen (secondary N) is 1. The van der Waals surface area contributed by atoms with E-state index in [1.807, 2.05) is 0 Å². The molecule has 0 aromatic heterocycles. The maximum absolute atomic E-state index is 12.1. The largest absolute Gasteiger partial charge is 0.478 e. The lowest BCUT2D eigenvalue weighted by Gasteiger charge is -2.23. The zero-order valence-corrected chi connectivity index (χ0v) is 14.6. The van der Waals surface area contributed by atoms with Crippen molar-refractivity contribution in [2.75, 3.05) is 17.6 Å². The summed E-state index contributed by atoms with van der Waals surface area (Å²) in [6.07, 6.45) is 0. The molecule has 0 atom stereocenters. The van der Waals surface area contributed by atoms with Crippen LogP contribution in [-0.2, 0) is 14.8 Å². The van der Waals surface area contributed by atoms with Gasteiger partial charge in [0, 0.05) is 11.6 Å². The highest BCUT2D eigenvalue weighted by Crippen LogP contribution is 2.26. The fraction of sp³-hybridized carbons (Fsp3) is 0.462. The van der Waals surface area contributed by atoms with Gasteiger partial charge < -0.3 is 9.84 Å². The van der Waals surface area contributed by atoms with Crippen LogP contribution in [-0.4, -0.2) is 38.0 Å². The Morgan fingerprint density at radius 1 is 1.43 bits per heavy atom. The van der Waals surface area contributed by atoms with Gasteiger partial charge in [-0.15, -0.1) is 0 Å². The number of methoxy groups -OCH3 is 1. The molecule has 2 N–H and O–H groups in total. The van der Waals surface area contributed by atoms with E-state index in [0.717, 1.165) is 0 Å². The Hall–Kier alpha value is -1.12. The van der Waals surface area contributed by atoms with E-state index in [1.54, 1.807) is 20.8 Å². The maximum Gasteiger partial charge on any atom is 0.336 e. The van der Waals surface area contributed by atoms with Gasteiger partial charge in [0.25, 0.3) is 0 Å². The van der Waals surface area contributed by atoms with Gasteiger partial charge in [0.05, 0.1) is 22.6 Å². The van der Waals surface area contributed by atoms with E-state index in [1.165, 1.54) is 19.2 Å². The highest BCUT2D eigenvalue weighted by Gasteiger charge is 2.26. The van der Waals surface area contributed by atoms with Crippen LogP contribution in [0.5, 0.6) is 0 Å².